The molecule has 0 bridgehead atoms. The number of phenols is 1. The molecule has 1 aromatic carbocycles. The van der Waals surface area contributed by atoms with Gasteiger partial charge in [0.2, 0.25) is 0 Å². The normalized spacial score (nSPS) is 8.18. The zero-order chi connectivity index (χ0) is 8.53. The quantitative estimate of drug-likeness (QED) is 0.645. The lowest BCUT2D eigenvalue weighted by atomic mass is 10.3. The van der Waals surface area contributed by atoms with Crippen LogP contribution in [0.15, 0.2) is 30.3 Å². The van der Waals surface area contributed by atoms with Gasteiger partial charge in [-0.1, -0.05) is 25.1 Å². The Hall–Kier alpha value is -1.02. The van der Waals surface area contributed by atoms with Crippen molar-refractivity contribution in [3.8, 4) is 5.75 Å². The second-order valence-electron chi connectivity index (χ2n) is 2.12. The van der Waals surface area contributed by atoms with E-state index in [4.69, 9.17) is 10.8 Å². The molecule has 1 aromatic rings. The van der Waals surface area contributed by atoms with Gasteiger partial charge in [-0.15, -0.1) is 0 Å². The largest absolute Gasteiger partial charge is 0.508 e. The molecular weight excluding hydrogens is 138 g/mol. The Morgan fingerprint density at radius 3 is 1.91 bits per heavy atom. The summed E-state index contributed by atoms with van der Waals surface area (Å²) in [7, 11) is 0. The minimum Gasteiger partial charge on any atom is -0.508 e. The molecule has 0 spiro atoms. The summed E-state index contributed by atoms with van der Waals surface area (Å²) >= 11 is 0. The van der Waals surface area contributed by atoms with E-state index in [0.29, 0.717) is 5.75 Å². The molecule has 0 saturated carbocycles. The Morgan fingerprint density at radius 1 is 1.27 bits per heavy atom. The molecule has 3 N–H and O–H groups in total. The molecule has 0 radical (unpaired) electrons. The predicted molar refractivity (Wildman–Crippen MR) is 47.5 cm³/mol. The van der Waals surface area contributed by atoms with Crippen LogP contribution in [0.2, 0.25) is 0 Å². The highest BCUT2D eigenvalue weighted by Crippen LogP contribution is 2.02. The summed E-state index contributed by atoms with van der Waals surface area (Å²) in [6.45, 7) is 2.88. The highest BCUT2D eigenvalue weighted by atomic mass is 16.3. The van der Waals surface area contributed by atoms with Gasteiger partial charge in [-0.05, 0) is 25.1 Å². The fourth-order valence-electron chi connectivity index (χ4n) is 0.428. The van der Waals surface area contributed by atoms with E-state index in [-0.39, 0.29) is 0 Å². The molecule has 0 unspecified atom stereocenters. The Kier molecular flexibility index (Phi) is 6.43. The summed E-state index contributed by atoms with van der Waals surface area (Å²) in [6, 6.07) is 8.71. The lowest BCUT2D eigenvalue weighted by molar-refractivity contribution is 0.475. The van der Waals surface area contributed by atoms with Crippen molar-refractivity contribution in [3.05, 3.63) is 30.3 Å². The highest BCUT2D eigenvalue weighted by Gasteiger charge is 1.74. The zero-order valence-electron chi connectivity index (χ0n) is 6.83. The summed E-state index contributed by atoms with van der Waals surface area (Å²) in [4.78, 5) is 0. The third-order valence-corrected chi connectivity index (χ3v) is 1.04. The van der Waals surface area contributed by atoms with Crippen molar-refractivity contribution in [1.29, 1.82) is 0 Å². The van der Waals surface area contributed by atoms with E-state index in [2.05, 4.69) is 6.92 Å². The number of phenolic OH excluding ortho intramolecular Hbond substituents is 1. The zero-order valence-corrected chi connectivity index (χ0v) is 6.83. The van der Waals surface area contributed by atoms with Crippen LogP contribution in [-0.2, 0) is 0 Å². The van der Waals surface area contributed by atoms with Crippen LogP contribution in [0.1, 0.15) is 13.3 Å². The molecule has 0 aliphatic heterocycles. The number of hydrogen-bond donors (Lipinski definition) is 2. The molecule has 0 saturated heterocycles. The summed E-state index contributed by atoms with van der Waals surface area (Å²) in [6.07, 6.45) is 1.10. The lowest BCUT2D eigenvalue weighted by Crippen LogP contribution is -1.93. The van der Waals surface area contributed by atoms with E-state index in [1.807, 2.05) is 6.07 Å². The Morgan fingerprint density at radius 2 is 1.73 bits per heavy atom. The van der Waals surface area contributed by atoms with E-state index in [1.165, 1.54) is 0 Å². The molecule has 1 rings (SSSR count). The molecule has 2 nitrogen and oxygen atoms in total. The van der Waals surface area contributed by atoms with Crippen molar-refractivity contribution in [2.45, 2.75) is 13.3 Å². The minimum atomic E-state index is 0.322. The van der Waals surface area contributed by atoms with Crippen LogP contribution in [0.4, 0.5) is 0 Å². The Balaban J connectivity index is 0.000000218. The average molecular weight is 153 g/mol. The van der Waals surface area contributed by atoms with Crippen LogP contribution < -0.4 is 5.73 Å². The van der Waals surface area contributed by atoms with E-state index in [9.17, 15) is 0 Å². The first-order valence-corrected chi connectivity index (χ1v) is 3.75. The smallest absolute Gasteiger partial charge is 0.115 e. The van der Waals surface area contributed by atoms with Crippen molar-refractivity contribution in [2.75, 3.05) is 6.54 Å². The van der Waals surface area contributed by atoms with Gasteiger partial charge in [-0.2, -0.15) is 0 Å². The van der Waals surface area contributed by atoms with Gasteiger partial charge in [-0.25, -0.2) is 0 Å². The summed E-state index contributed by atoms with van der Waals surface area (Å²) in [5, 5.41) is 8.63. The van der Waals surface area contributed by atoms with Crippen molar-refractivity contribution in [3.63, 3.8) is 0 Å². The van der Waals surface area contributed by atoms with Gasteiger partial charge in [0.1, 0.15) is 5.75 Å². The maximum atomic E-state index is 8.63. The molecule has 2 heteroatoms. The number of rotatable bonds is 1. The van der Waals surface area contributed by atoms with Crippen LogP contribution in [0, 0.1) is 0 Å². The average Bonchev–Trinajstić information content (AvgIpc) is 2.07. The third-order valence-electron chi connectivity index (χ3n) is 1.04. The second-order valence-corrected chi connectivity index (χ2v) is 2.12. The Labute approximate surface area is 67.7 Å². The van der Waals surface area contributed by atoms with Gasteiger partial charge in [0.05, 0.1) is 0 Å². The van der Waals surface area contributed by atoms with E-state index >= 15 is 0 Å². The van der Waals surface area contributed by atoms with Gasteiger partial charge < -0.3 is 10.8 Å². The van der Waals surface area contributed by atoms with Gasteiger partial charge in [0, 0.05) is 0 Å². The number of benzene rings is 1. The fourth-order valence-corrected chi connectivity index (χ4v) is 0.428. The minimum absolute atomic E-state index is 0.322. The van der Waals surface area contributed by atoms with Crippen LogP contribution in [0.25, 0.3) is 0 Å². The van der Waals surface area contributed by atoms with Crippen molar-refractivity contribution >= 4 is 0 Å². The van der Waals surface area contributed by atoms with Gasteiger partial charge >= 0.3 is 0 Å². The molecule has 0 amide bonds. The van der Waals surface area contributed by atoms with Crippen LogP contribution in [0.3, 0.4) is 0 Å². The first-order valence-electron chi connectivity index (χ1n) is 3.75. The molecule has 0 fully saturated rings. The SMILES string of the molecule is CCCN.Oc1ccccc1. The maximum absolute atomic E-state index is 8.63. The second kappa shape index (κ2) is 7.09. The number of para-hydroxylation sites is 1. The molecule has 0 atom stereocenters. The van der Waals surface area contributed by atoms with Gasteiger partial charge in [0.25, 0.3) is 0 Å². The van der Waals surface area contributed by atoms with Gasteiger partial charge in [0.15, 0.2) is 0 Å². The summed E-state index contributed by atoms with van der Waals surface area (Å²) in [5.74, 6) is 0.322. The first kappa shape index (κ1) is 9.98. The summed E-state index contributed by atoms with van der Waals surface area (Å²) < 4.78 is 0. The van der Waals surface area contributed by atoms with E-state index < -0.39 is 0 Å². The number of hydrogen-bond acceptors (Lipinski definition) is 2. The van der Waals surface area contributed by atoms with E-state index in [1.54, 1.807) is 24.3 Å². The number of nitrogens with two attached hydrogens (primary N) is 1. The monoisotopic (exact) mass is 153 g/mol. The van der Waals surface area contributed by atoms with Crippen molar-refractivity contribution in [2.24, 2.45) is 5.73 Å². The van der Waals surface area contributed by atoms with Crippen molar-refractivity contribution < 1.29 is 5.11 Å². The maximum Gasteiger partial charge on any atom is 0.115 e. The van der Waals surface area contributed by atoms with Crippen LogP contribution in [-0.4, -0.2) is 11.7 Å². The molecular formula is C9H15NO. The molecule has 0 heterocycles. The molecule has 0 aliphatic rings. The van der Waals surface area contributed by atoms with Crippen LogP contribution in [0.5, 0.6) is 5.75 Å². The van der Waals surface area contributed by atoms with E-state index in [0.717, 1.165) is 13.0 Å². The third kappa shape index (κ3) is 6.87. The topological polar surface area (TPSA) is 46.2 Å². The predicted octanol–water partition coefficient (Wildman–Crippen LogP) is 1.75. The molecule has 62 valence electrons. The molecule has 0 aromatic heterocycles. The van der Waals surface area contributed by atoms with Gasteiger partial charge in [-0.3, -0.25) is 0 Å². The summed E-state index contributed by atoms with van der Waals surface area (Å²) in [5.41, 5.74) is 5.03. The Bertz CT molecular complexity index is 160. The number of aromatic hydroxyl groups is 1. The highest BCUT2D eigenvalue weighted by molar-refractivity contribution is 5.18. The first-order chi connectivity index (χ1) is 5.31. The molecule has 0 aliphatic carbocycles. The van der Waals surface area contributed by atoms with Crippen molar-refractivity contribution in [1.82, 2.24) is 0 Å². The lowest BCUT2D eigenvalue weighted by Gasteiger charge is -1.82. The fraction of sp³-hybridized carbons (Fsp3) is 0.333. The molecule has 11 heavy (non-hydrogen) atoms. The van der Waals surface area contributed by atoms with Crippen LogP contribution >= 0.6 is 0 Å². The standard InChI is InChI=1S/C6H6O.C3H9N/c7-6-4-2-1-3-5-6;1-2-3-4/h1-5,7H;2-4H2,1H3.